The SMILES string of the molecule is Cc1ccc(Cl)c(NC(=O)COC(=O)Cc2cccc(F)c2)c1Cl. The predicted molar refractivity (Wildman–Crippen MR) is 90.9 cm³/mol. The second-order valence-electron chi connectivity index (χ2n) is 5.07. The molecule has 1 amide bonds. The average Bonchev–Trinajstić information content (AvgIpc) is 2.53. The van der Waals surface area contributed by atoms with Crippen molar-refractivity contribution in [2.45, 2.75) is 13.3 Å². The van der Waals surface area contributed by atoms with E-state index in [2.05, 4.69) is 5.32 Å². The Labute approximate surface area is 148 Å². The molecule has 126 valence electrons. The molecule has 7 heteroatoms. The first kappa shape index (κ1) is 18.2. The number of hydrogen-bond acceptors (Lipinski definition) is 3. The van der Waals surface area contributed by atoms with Gasteiger partial charge in [0.1, 0.15) is 5.82 Å². The smallest absolute Gasteiger partial charge is 0.310 e. The molecule has 0 heterocycles. The zero-order valence-electron chi connectivity index (χ0n) is 12.7. The second kappa shape index (κ2) is 8.13. The molecule has 1 N–H and O–H groups in total. The van der Waals surface area contributed by atoms with E-state index >= 15 is 0 Å². The zero-order valence-corrected chi connectivity index (χ0v) is 14.2. The van der Waals surface area contributed by atoms with Crippen LogP contribution in [0.4, 0.5) is 10.1 Å². The van der Waals surface area contributed by atoms with Gasteiger partial charge >= 0.3 is 5.97 Å². The Morgan fingerprint density at radius 1 is 1.21 bits per heavy atom. The first-order valence-corrected chi connectivity index (χ1v) is 7.77. The van der Waals surface area contributed by atoms with Crippen LogP contribution < -0.4 is 5.32 Å². The number of hydrogen-bond donors (Lipinski definition) is 1. The number of anilines is 1. The molecule has 2 rings (SSSR count). The number of rotatable bonds is 5. The molecule has 0 aromatic heterocycles. The number of nitrogens with one attached hydrogen (secondary N) is 1. The third-order valence-electron chi connectivity index (χ3n) is 3.15. The van der Waals surface area contributed by atoms with Gasteiger partial charge in [0, 0.05) is 0 Å². The summed E-state index contributed by atoms with van der Waals surface area (Å²) < 4.78 is 17.9. The highest BCUT2D eigenvalue weighted by Gasteiger charge is 2.14. The number of carbonyl (C=O) groups excluding carboxylic acids is 2. The van der Waals surface area contributed by atoms with Crippen molar-refractivity contribution in [3.8, 4) is 0 Å². The van der Waals surface area contributed by atoms with Gasteiger partial charge in [-0.25, -0.2) is 4.39 Å². The highest BCUT2D eigenvalue weighted by atomic mass is 35.5. The highest BCUT2D eigenvalue weighted by Crippen LogP contribution is 2.32. The molecule has 0 atom stereocenters. The van der Waals surface area contributed by atoms with E-state index in [4.69, 9.17) is 27.9 Å². The Balaban J connectivity index is 1.89. The average molecular weight is 370 g/mol. The molecule has 2 aromatic carbocycles. The van der Waals surface area contributed by atoms with E-state index in [0.29, 0.717) is 10.6 Å². The van der Waals surface area contributed by atoms with Crippen LogP contribution in [0.3, 0.4) is 0 Å². The van der Waals surface area contributed by atoms with Crippen LogP contribution in [0.2, 0.25) is 10.0 Å². The molecule has 0 saturated heterocycles. The summed E-state index contributed by atoms with van der Waals surface area (Å²) in [5, 5.41) is 3.11. The van der Waals surface area contributed by atoms with Gasteiger partial charge < -0.3 is 10.1 Å². The molecular weight excluding hydrogens is 356 g/mol. The summed E-state index contributed by atoms with van der Waals surface area (Å²) in [5.74, 6) is -1.66. The van der Waals surface area contributed by atoms with E-state index in [9.17, 15) is 14.0 Å². The summed E-state index contributed by atoms with van der Waals surface area (Å²) in [6, 6.07) is 8.92. The van der Waals surface area contributed by atoms with E-state index in [0.717, 1.165) is 5.56 Å². The number of aryl methyl sites for hydroxylation is 1. The van der Waals surface area contributed by atoms with E-state index < -0.39 is 24.3 Å². The van der Waals surface area contributed by atoms with E-state index in [1.54, 1.807) is 25.1 Å². The minimum Gasteiger partial charge on any atom is -0.455 e. The Morgan fingerprint density at radius 2 is 1.96 bits per heavy atom. The molecule has 0 fully saturated rings. The van der Waals surface area contributed by atoms with Crippen LogP contribution in [0.1, 0.15) is 11.1 Å². The van der Waals surface area contributed by atoms with E-state index in [1.807, 2.05) is 0 Å². The Morgan fingerprint density at radius 3 is 2.67 bits per heavy atom. The van der Waals surface area contributed by atoms with Crippen LogP contribution in [0, 0.1) is 12.7 Å². The molecule has 0 saturated carbocycles. The normalized spacial score (nSPS) is 10.3. The van der Waals surface area contributed by atoms with Gasteiger partial charge in [0.05, 0.1) is 22.2 Å². The standard InChI is InChI=1S/C17H14Cl2FNO3/c1-10-5-6-13(18)17(16(10)19)21-14(22)9-24-15(23)8-11-3-2-4-12(20)7-11/h2-7H,8-9H2,1H3,(H,21,22). The molecule has 0 spiro atoms. The number of carbonyl (C=O) groups is 2. The zero-order chi connectivity index (χ0) is 17.7. The van der Waals surface area contributed by atoms with Crippen LogP contribution in [0.25, 0.3) is 0 Å². The lowest BCUT2D eigenvalue weighted by atomic mass is 10.1. The maximum absolute atomic E-state index is 13.0. The summed E-state index contributed by atoms with van der Waals surface area (Å²) >= 11 is 12.1. The highest BCUT2D eigenvalue weighted by molar-refractivity contribution is 6.40. The Kier molecular flexibility index (Phi) is 6.17. The molecule has 2 aromatic rings. The number of halogens is 3. The van der Waals surface area contributed by atoms with E-state index in [1.165, 1.54) is 18.2 Å². The monoisotopic (exact) mass is 369 g/mol. The van der Waals surface area contributed by atoms with Gasteiger partial charge in [-0.1, -0.05) is 41.4 Å². The van der Waals surface area contributed by atoms with Gasteiger partial charge in [0.15, 0.2) is 6.61 Å². The van der Waals surface area contributed by atoms with E-state index in [-0.39, 0.29) is 17.1 Å². The fourth-order valence-electron chi connectivity index (χ4n) is 1.96. The second-order valence-corrected chi connectivity index (χ2v) is 5.85. The lowest BCUT2D eigenvalue weighted by Crippen LogP contribution is -2.22. The quantitative estimate of drug-likeness (QED) is 0.804. The van der Waals surface area contributed by atoms with Crippen molar-refractivity contribution < 1.29 is 18.7 Å². The minimum absolute atomic E-state index is 0.128. The first-order chi connectivity index (χ1) is 11.4. The summed E-state index contributed by atoms with van der Waals surface area (Å²) in [5.41, 5.74) is 1.48. The van der Waals surface area contributed by atoms with Crippen molar-refractivity contribution in [3.63, 3.8) is 0 Å². The lowest BCUT2D eigenvalue weighted by Gasteiger charge is -2.11. The van der Waals surface area contributed by atoms with Crippen molar-refractivity contribution in [1.82, 2.24) is 0 Å². The van der Waals surface area contributed by atoms with Crippen LogP contribution >= 0.6 is 23.2 Å². The maximum atomic E-state index is 13.0. The van der Waals surface area contributed by atoms with Crippen molar-refractivity contribution in [3.05, 3.63) is 63.4 Å². The van der Waals surface area contributed by atoms with Crippen molar-refractivity contribution in [2.75, 3.05) is 11.9 Å². The number of esters is 1. The van der Waals surface area contributed by atoms with Crippen LogP contribution in [-0.4, -0.2) is 18.5 Å². The van der Waals surface area contributed by atoms with Crippen molar-refractivity contribution >= 4 is 40.8 Å². The van der Waals surface area contributed by atoms with Gasteiger partial charge in [-0.2, -0.15) is 0 Å². The largest absolute Gasteiger partial charge is 0.455 e. The van der Waals surface area contributed by atoms with Crippen LogP contribution in [0.5, 0.6) is 0 Å². The van der Waals surface area contributed by atoms with Gasteiger partial charge in [0.2, 0.25) is 0 Å². The predicted octanol–water partition coefficient (Wildman–Crippen LogP) is 4.17. The molecular formula is C17H14Cl2FNO3. The maximum Gasteiger partial charge on any atom is 0.310 e. The summed E-state index contributed by atoms with van der Waals surface area (Å²) in [6.45, 7) is 1.28. The number of amides is 1. The molecule has 0 aliphatic carbocycles. The summed E-state index contributed by atoms with van der Waals surface area (Å²) in [7, 11) is 0. The Hall–Kier alpha value is -2.11. The van der Waals surface area contributed by atoms with Gasteiger partial charge in [-0.3, -0.25) is 9.59 Å². The fourth-order valence-corrected chi connectivity index (χ4v) is 2.42. The molecule has 0 bridgehead atoms. The van der Waals surface area contributed by atoms with Gasteiger partial charge in [-0.05, 0) is 36.2 Å². The molecule has 24 heavy (non-hydrogen) atoms. The van der Waals surface area contributed by atoms with Crippen molar-refractivity contribution in [1.29, 1.82) is 0 Å². The molecule has 0 aliphatic heterocycles. The molecule has 4 nitrogen and oxygen atoms in total. The summed E-state index contributed by atoms with van der Waals surface area (Å²) in [4.78, 5) is 23.6. The molecule has 0 aliphatic rings. The first-order valence-electron chi connectivity index (χ1n) is 7.01. The number of ether oxygens (including phenoxy) is 1. The van der Waals surface area contributed by atoms with Gasteiger partial charge in [-0.15, -0.1) is 0 Å². The third-order valence-corrected chi connectivity index (χ3v) is 3.95. The van der Waals surface area contributed by atoms with Crippen LogP contribution in [-0.2, 0) is 20.7 Å². The lowest BCUT2D eigenvalue weighted by molar-refractivity contribution is -0.146. The molecule has 0 radical (unpaired) electrons. The topological polar surface area (TPSA) is 55.4 Å². The Bertz CT molecular complexity index is 780. The van der Waals surface area contributed by atoms with Crippen molar-refractivity contribution in [2.24, 2.45) is 0 Å². The fraction of sp³-hybridized carbons (Fsp3) is 0.176. The summed E-state index contributed by atoms with van der Waals surface area (Å²) in [6.07, 6.45) is -0.128. The number of benzene rings is 2. The van der Waals surface area contributed by atoms with Gasteiger partial charge in [0.25, 0.3) is 5.91 Å². The third kappa shape index (κ3) is 4.94. The minimum atomic E-state index is -0.641. The molecule has 0 unspecified atom stereocenters. The van der Waals surface area contributed by atoms with Crippen LogP contribution in [0.15, 0.2) is 36.4 Å².